The van der Waals surface area contributed by atoms with Gasteiger partial charge in [-0.15, -0.1) is 0 Å². The molecular formula is C16H21N3O2. The quantitative estimate of drug-likeness (QED) is 0.939. The van der Waals surface area contributed by atoms with Crippen LogP contribution in [0.2, 0.25) is 0 Å². The number of imidazole rings is 1. The van der Waals surface area contributed by atoms with Crippen molar-refractivity contribution in [2.75, 3.05) is 18.0 Å². The van der Waals surface area contributed by atoms with Crippen molar-refractivity contribution in [1.29, 1.82) is 0 Å². The van der Waals surface area contributed by atoms with Crippen molar-refractivity contribution < 1.29 is 9.90 Å². The van der Waals surface area contributed by atoms with Crippen LogP contribution in [0.25, 0.3) is 11.0 Å². The average Bonchev–Trinajstić information content (AvgIpc) is 2.87. The summed E-state index contributed by atoms with van der Waals surface area (Å²) in [6, 6.07) is 8.18. The minimum absolute atomic E-state index is 0.203. The molecule has 0 bridgehead atoms. The zero-order chi connectivity index (χ0) is 14.8. The van der Waals surface area contributed by atoms with Crippen molar-refractivity contribution in [3.05, 3.63) is 24.3 Å². The highest BCUT2D eigenvalue weighted by Gasteiger charge is 2.27. The summed E-state index contributed by atoms with van der Waals surface area (Å²) in [4.78, 5) is 18.1. The van der Waals surface area contributed by atoms with Gasteiger partial charge >= 0.3 is 5.97 Å². The molecule has 2 heterocycles. The topological polar surface area (TPSA) is 58.4 Å². The van der Waals surface area contributed by atoms with Crippen molar-refractivity contribution in [1.82, 2.24) is 9.55 Å². The Hall–Kier alpha value is -2.04. The molecule has 0 amide bonds. The predicted molar refractivity (Wildman–Crippen MR) is 82.6 cm³/mol. The van der Waals surface area contributed by atoms with Crippen LogP contribution >= 0.6 is 0 Å². The average molecular weight is 287 g/mol. The van der Waals surface area contributed by atoms with Crippen LogP contribution in [0.5, 0.6) is 0 Å². The smallest absolute Gasteiger partial charge is 0.306 e. The fourth-order valence-electron chi connectivity index (χ4n) is 3.07. The zero-order valence-electron chi connectivity index (χ0n) is 12.3. The van der Waals surface area contributed by atoms with Gasteiger partial charge in [0.05, 0.1) is 17.0 Å². The van der Waals surface area contributed by atoms with Gasteiger partial charge in [-0.1, -0.05) is 19.1 Å². The molecule has 0 spiro atoms. The van der Waals surface area contributed by atoms with Gasteiger partial charge in [0.2, 0.25) is 5.95 Å². The van der Waals surface area contributed by atoms with Crippen LogP contribution in [0.4, 0.5) is 5.95 Å². The standard InChI is InChI=1S/C16H21N3O2/c1-2-9-19-14-6-4-3-5-13(14)17-16(19)18-10-7-12(8-11-18)15(20)21/h3-6,12H,2,7-11H2,1H3,(H,20,21). The second-order valence-corrected chi connectivity index (χ2v) is 5.65. The molecule has 0 atom stereocenters. The number of para-hydroxylation sites is 2. The lowest BCUT2D eigenvalue weighted by Crippen LogP contribution is -2.37. The fraction of sp³-hybridized carbons (Fsp3) is 0.500. The molecule has 1 saturated heterocycles. The number of aliphatic carboxylic acids is 1. The molecule has 1 fully saturated rings. The maximum absolute atomic E-state index is 11.1. The van der Waals surface area contributed by atoms with Gasteiger partial charge < -0.3 is 14.6 Å². The third-order valence-corrected chi connectivity index (χ3v) is 4.21. The Kier molecular flexibility index (Phi) is 3.82. The van der Waals surface area contributed by atoms with Crippen molar-refractivity contribution in [3.63, 3.8) is 0 Å². The molecule has 1 N–H and O–H groups in total. The van der Waals surface area contributed by atoms with Gasteiger partial charge in [-0.05, 0) is 31.4 Å². The highest BCUT2D eigenvalue weighted by atomic mass is 16.4. The Labute approximate surface area is 124 Å². The van der Waals surface area contributed by atoms with E-state index in [0.29, 0.717) is 12.8 Å². The molecule has 0 aliphatic carbocycles. The summed E-state index contributed by atoms with van der Waals surface area (Å²) in [5, 5.41) is 9.11. The van der Waals surface area contributed by atoms with Gasteiger partial charge in [0.1, 0.15) is 0 Å². The van der Waals surface area contributed by atoms with E-state index in [1.54, 1.807) is 0 Å². The van der Waals surface area contributed by atoms with E-state index >= 15 is 0 Å². The van der Waals surface area contributed by atoms with E-state index in [4.69, 9.17) is 10.1 Å². The van der Waals surface area contributed by atoms with Gasteiger partial charge in [-0.3, -0.25) is 4.79 Å². The Balaban J connectivity index is 1.90. The third kappa shape index (κ3) is 2.60. The molecule has 5 heteroatoms. The molecule has 0 radical (unpaired) electrons. The third-order valence-electron chi connectivity index (χ3n) is 4.21. The monoisotopic (exact) mass is 287 g/mol. The number of carboxylic acid groups (broad SMARTS) is 1. The first-order valence-corrected chi connectivity index (χ1v) is 7.63. The molecule has 112 valence electrons. The second-order valence-electron chi connectivity index (χ2n) is 5.65. The molecule has 0 saturated carbocycles. The molecule has 3 rings (SSSR count). The Morgan fingerprint density at radius 2 is 2.05 bits per heavy atom. The van der Waals surface area contributed by atoms with Crippen LogP contribution in [0.15, 0.2) is 24.3 Å². The van der Waals surface area contributed by atoms with Crippen LogP contribution in [0, 0.1) is 5.92 Å². The van der Waals surface area contributed by atoms with Crippen LogP contribution in [-0.4, -0.2) is 33.7 Å². The number of piperidine rings is 1. The van der Waals surface area contributed by atoms with Crippen molar-refractivity contribution in [2.24, 2.45) is 5.92 Å². The zero-order valence-corrected chi connectivity index (χ0v) is 12.3. The van der Waals surface area contributed by atoms with E-state index in [1.807, 2.05) is 18.2 Å². The van der Waals surface area contributed by atoms with Gasteiger partial charge in [0, 0.05) is 19.6 Å². The number of carbonyl (C=O) groups is 1. The summed E-state index contributed by atoms with van der Waals surface area (Å²) >= 11 is 0. The van der Waals surface area contributed by atoms with E-state index in [-0.39, 0.29) is 5.92 Å². The molecule has 0 unspecified atom stereocenters. The van der Waals surface area contributed by atoms with Gasteiger partial charge in [0.25, 0.3) is 0 Å². The van der Waals surface area contributed by atoms with Crippen LogP contribution < -0.4 is 4.90 Å². The summed E-state index contributed by atoms with van der Waals surface area (Å²) in [7, 11) is 0. The van der Waals surface area contributed by atoms with E-state index in [9.17, 15) is 4.79 Å². The lowest BCUT2D eigenvalue weighted by atomic mass is 9.97. The number of benzene rings is 1. The number of aryl methyl sites for hydroxylation is 1. The Bertz CT molecular complexity index is 642. The summed E-state index contributed by atoms with van der Waals surface area (Å²) in [5.41, 5.74) is 2.18. The number of hydrogen-bond donors (Lipinski definition) is 1. The molecular weight excluding hydrogens is 266 g/mol. The van der Waals surface area contributed by atoms with E-state index < -0.39 is 5.97 Å². The number of nitrogens with zero attached hydrogens (tertiary/aromatic N) is 3. The number of aromatic nitrogens is 2. The Morgan fingerprint density at radius 3 is 2.71 bits per heavy atom. The van der Waals surface area contributed by atoms with Crippen LogP contribution in [0.3, 0.4) is 0 Å². The highest BCUT2D eigenvalue weighted by molar-refractivity contribution is 5.79. The maximum Gasteiger partial charge on any atom is 0.306 e. The molecule has 2 aromatic rings. The van der Waals surface area contributed by atoms with Crippen LogP contribution in [-0.2, 0) is 11.3 Å². The lowest BCUT2D eigenvalue weighted by molar-refractivity contribution is -0.142. The van der Waals surface area contributed by atoms with Crippen LogP contribution in [0.1, 0.15) is 26.2 Å². The first kappa shape index (κ1) is 13.9. The van der Waals surface area contributed by atoms with Gasteiger partial charge in [-0.2, -0.15) is 0 Å². The van der Waals surface area contributed by atoms with Crippen molar-refractivity contribution in [3.8, 4) is 0 Å². The van der Waals surface area contributed by atoms with Crippen molar-refractivity contribution >= 4 is 23.0 Å². The van der Waals surface area contributed by atoms with E-state index in [2.05, 4.69) is 22.5 Å². The normalized spacial score (nSPS) is 16.5. The predicted octanol–water partition coefficient (Wildman–Crippen LogP) is 2.75. The summed E-state index contributed by atoms with van der Waals surface area (Å²) in [6.45, 7) is 4.64. The first-order valence-electron chi connectivity index (χ1n) is 7.63. The molecule has 1 aliphatic rings. The summed E-state index contributed by atoms with van der Waals surface area (Å²) in [6.07, 6.45) is 2.45. The first-order chi connectivity index (χ1) is 10.2. The number of carboxylic acids is 1. The number of fused-ring (bicyclic) bond motifs is 1. The van der Waals surface area contributed by atoms with Gasteiger partial charge in [-0.25, -0.2) is 4.98 Å². The SMILES string of the molecule is CCCn1c(N2CCC(C(=O)O)CC2)nc2ccccc21. The Morgan fingerprint density at radius 1 is 1.33 bits per heavy atom. The largest absolute Gasteiger partial charge is 0.481 e. The van der Waals surface area contributed by atoms with E-state index in [0.717, 1.165) is 43.0 Å². The summed E-state index contributed by atoms with van der Waals surface area (Å²) < 4.78 is 2.26. The molecule has 1 aromatic carbocycles. The summed E-state index contributed by atoms with van der Waals surface area (Å²) in [5.74, 6) is 0.115. The fourth-order valence-corrected chi connectivity index (χ4v) is 3.07. The maximum atomic E-state index is 11.1. The number of hydrogen-bond acceptors (Lipinski definition) is 3. The lowest BCUT2D eigenvalue weighted by Gasteiger charge is -2.31. The number of anilines is 1. The highest BCUT2D eigenvalue weighted by Crippen LogP contribution is 2.27. The second kappa shape index (κ2) is 5.76. The molecule has 1 aliphatic heterocycles. The molecule has 1 aromatic heterocycles. The van der Waals surface area contributed by atoms with E-state index in [1.165, 1.54) is 0 Å². The van der Waals surface area contributed by atoms with Crippen molar-refractivity contribution in [2.45, 2.75) is 32.7 Å². The molecule has 21 heavy (non-hydrogen) atoms. The number of rotatable bonds is 4. The van der Waals surface area contributed by atoms with Gasteiger partial charge in [0.15, 0.2) is 0 Å². The molecule has 5 nitrogen and oxygen atoms in total. The minimum atomic E-state index is -0.670. The minimum Gasteiger partial charge on any atom is -0.481 e.